The standard InChI is InChI=1S/C28H37N3O3/c1-22-21-31(25-10-5-6-11-26(25)34-22)28(33)13-12-27(32)29-16-7-17-30-18-14-24(15-19-30)20-23-8-3-2-4-9-23/h2-6,8-11,22,24H,7,12-21H2,1H3,(H,29,32)/t22-/m1/s1. The van der Waals surface area contributed by atoms with Crippen LogP contribution in [0.2, 0.25) is 0 Å². The summed E-state index contributed by atoms with van der Waals surface area (Å²) in [5.41, 5.74) is 2.23. The van der Waals surface area contributed by atoms with Crippen LogP contribution in [-0.4, -0.2) is 55.5 Å². The van der Waals surface area contributed by atoms with Crippen molar-refractivity contribution in [3.63, 3.8) is 0 Å². The Hall–Kier alpha value is -2.86. The second kappa shape index (κ2) is 12.0. The fourth-order valence-corrected chi connectivity index (χ4v) is 4.96. The third-order valence-corrected chi connectivity index (χ3v) is 6.84. The summed E-state index contributed by atoms with van der Waals surface area (Å²) >= 11 is 0. The highest BCUT2D eigenvalue weighted by Crippen LogP contribution is 2.33. The fourth-order valence-electron chi connectivity index (χ4n) is 4.96. The maximum Gasteiger partial charge on any atom is 0.227 e. The van der Waals surface area contributed by atoms with Gasteiger partial charge in [0, 0.05) is 19.4 Å². The number of benzene rings is 2. The molecule has 6 nitrogen and oxygen atoms in total. The first-order valence-corrected chi connectivity index (χ1v) is 12.7. The van der Waals surface area contributed by atoms with Crippen LogP contribution in [0.3, 0.4) is 0 Å². The van der Waals surface area contributed by atoms with Gasteiger partial charge in [0.25, 0.3) is 0 Å². The number of hydrogen-bond acceptors (Lipinski definition) is 4. The minimum atomic E-state index is -0.0592. The lowest BCUT2D eigenvalue weighted by Gasteiger charge is -2.33. The van der Waals surface area contributed by atoms with E-state index in [0.717, 1.165) is 43.4 Å². The van der Waals surface area contributed by atoms with Crippen LogP contribution < -0.4 is 15.0 Å². The summed E-state index contributed by atoms with van der Waals surface area (Å²) in [4.78, 5) is 29.3. The van der Waals surface area contributed by atoms with Gasteiger partial charge in [-0.3, -0.25) is 9.59 Å². The lowest BCUT2D eigenvalue weighted by molar-refractivity contribution is -0.125. The second-order valence-electron chi connectivity index (χ2n) is 9.58. The van der Waals surface area contributed by atoms with Gasteiger partial charge in [-0.15, -0.1) is 0 Å². The highest BCUT2D eigenvalue weighted by Gasteiger charge is 2.27. The normalized spacial score (nSPS) is 18.7. The third kappa shape index (κ3) is 6.83. The zero-order valence-electron chi connectivity index (χ0n) is 20.2. The van der Waals surface area contributed by atoms with Gasteiger partial charge in [0.15, 0.2) is 0 Å². The van der Waals surface area contributed by atoms with Gasteiger partial charge in [0.05, 0.1) is 12.2 Å². The predicted octanol–water partition coefficient (Wildman–Crippen LogP) is 4.04. The quantitative estimate of drug-likeness (QED) is 0.570. The van der Waals surface area contributed by atoms with Crippen molar-refractivity contribution in [2.45, 2.75) is 51.6 Å². The molecule has 0 bridgehead atoms. The minimum absolute atomic E-state index is 0.0314. The molecule has 0 radical (unpaired) electrons. The molecular formula is C28H37N3O3. The zero-order valence-corrected chi connectivity index (χ0v) is 20.2. The van der Waals surface area contributed by atoms with Crippen LogP contribution in [0.25, 0.3) is 0 Å². The number of piperidine rings is 1. The molecule has 182 valence electrons. The molecule has 2 amide bonds. The summed E-state index contributed by atoms with van der Waals surface area (Å²) in [6.45, 7) is 6.42. The number of amides is 2. The topological polar surface area (TPSA) is 61.9 Å². The number of ether oxygens (including phenoxy) is 1. The van der Waals surface area contributed by atoms with E-state index in [1.807, 2.05) is 31.2 Å². The SMILES string of the molecule is C[C@@H]1CN(C(=O)CCC(=O)NCCCN2CCC(Cc3ccccc3)CC2)c2ccccc2O1. The average molecular weight is 464 g/mol. The van der Waals surface area contributed by atoms with Gasteiger partial charge >= 0.3 is 0 Å². The number of nitrogens with zero attached hydrogens (tertiary/aromatic N) is 2. The van der Waals surface area contributed by atoms with Crippen LogP contribution in [-0.2, 0) is 16.0 Å². The van der Waals surface area contributed by atoms with Crippen LogP contribution in [0.5, 0.6) is 5.75 Å². The molecule has 1 fully saturated rings. The van der Waals surface area contributed by atoms with E-state index < -0.39 is 0 Å². The number of para-hydroxylation sites is 2. The number of anilines is 1. The number of hydrogen-bond donors (Lipinski definition) is 1. The molecule has 0 spiro atoms. The molecule has 2 heterocycles. The lowest BCUT2D eigenvalue weighted by atomic mass is 9.90. The molecule has 0 aromatic heterocycles. The number of carbonyl (C=O) groups is 2. The molecule has 2 aromatic carbocycles. The van der Waals surface area contributed by atoms with Crippen molar-refractivity contribution >= 4 is 17.5 Å². The maximum atomic E-state index is 12.8. The van der Waals surface area contributed by atoms with Gasteiger partial charge < -0.3 is 19.9 Å². The van der Waals surface area contributed by atoms with Crippen molar-refractivity contribution in [2.75, 3.05) is 37.6 Å². The van der Waals surface area contributed by atoms with Crippen LogP contribution >= 0.6 is 0 Å². The molecule has 2 aromatic rings. The van der Waals surface area contributed by atoms with Crippen molar-refractivity contribution < 1.29 is 14.3 Å². The Morgan fingerprint density at radius 2 is 1.74 bits per heavy atom. The van der Waals surface area contributed by atoms with Gasteiger partial charge in [-0.05, 0) is 75.9 Å². The summed E-state index contributed by atoms with van der Waals surface area (Å²) in [7, 11) is 0. The highest BCUT2D eigenvalue weighted by molar-refractivity contribution is 5.97. The Kier molecular flexibility index (Phi) is 8.58. The molecule has 0 saturated carbocycles. The summed E-state index contributed by atoms with van der Waals surface area (Å²) < 4.78 is 5.81. The Balaban J connectivity index is 1.09. The van der Waals surface area contributed by atoms with E-state index in [1.165, 1.54) is 24.8 Å². The first kappa shape index (κ1) is 24.3. The molecule has 6 heteroatoms. The number of rotatable bonds is 9. The predicted molar refractivity (Wildman–Crippen MR) is 135 cm³/mol. The van der Waals surface area contributed by atoms with E-state index >= 15 is 0 Å². The Morgan fingerprint density at radius 3 is 2.53 bits per heavy atom. The molecule has 34 heavy (non-hydrogen) atoms. The molecular weight excluding hydrogens is 426 g/mol. The summed E-state index contributed by atoms with van der Waals surface area (Å²) in [5.74, 6) is 1.42. The van der Waals surface area contributed by atoms with E-state index in [0.29, 0.717) is 13.1 Å². The number of nitrogens with one attached hydrogen (secondary N) is 1. The van der Waals surface area contributed by atoms with Gasteiger partial charge in [0.2, 0.25) is 11.8 Å². The van der Waals surface area contributed by atoms with Crippen molar-refractivity contribution in [3.05, 3.63) is 60.2 Å². The molecule has 4 rings (SSSR count). The number of carbonyl (C=O) groups excluding carboxylic acids is 2. The monoisotopic (exact) mass is 463 g/mol. The summed E-state index contributed by atoms with van der Waals surface area (Å²) in [5, 5.41) is 2.99. The molecule has 0 unspecified atom stereocenters. The van der Waals surface area contributed by atoms with E-state index in [-0.39, 0.29) is 30.8 Å². The van der Waals surface area contributed by atoms with E-state index in [9.17, 15) is 9.59 Å². The largest absolute Gasteiger partial charge is 0.487 e. The first-order valence-electron chi connectivity index (χ1n) is 12.7. The Morgan fingerprint density at radius 1 is 1.00 bits per heavy atom. The van der Waals surface area contributed by atoms with Crippen molar-refractivity contribution in [3.8, 4) is 5.75 Å². The summed E-state index contributed by atoms with van der Waals surface area (Å²) in [6.07, 6.45) is 4.98. The molecule has 1 N–H and O–H groups in total. The molecule has 0 aliphatic carbocycles. The first-order chi connectivity index (χ1) is 16.6. The fraction of sp³-hybridized carbons (Fsp3) is 0.500. The molecule has 1 atom stereocenters. The second-order valence-corrected chi connectivity index (χ2v) is 9.58. The van der Waals surface area contributed by atoms with Crippen molar-refractivity contribution in [1.82, 2.24) is 10.2 Å². The number of fused-ring (bicyclic) bond motifs is 1. The van der Waals surface area contributed by atoms with Crippen molar-refractivity contribution in [1.29, 1.82) is 0 Å². The van der Waals surface area contributed by atoms with Gasteiger partial charge in [-0.25, -0.2) is 0 Å². The zero-order chi connectivity index (χ0) is 23.8. The smallest absolute Gasteiger partial charge is 0.227 e. The minimum Gasteiger partial charge on any atom is -0.487 e. The van der Waals surface area contributed by atoms with Gasteiger partial charge in [-0.1, -0.05) is 42.5 Å². The summed E-state index contributed by atoms with van der Waals surface area (Å²) in [6, 6.07) is 18.3. The van der Waals surface area contributed by atoms with Gasteiger partial charge in [-0.2, -0.15) is 0 Å². The Bertz CT molecular complexity index is 941. The molecule has 2 aliphatic rings. The molecule has 2 aliphatic heterocycles. The number of likely N-dealkylation sites (tertiary alicyclic amines) is 1. The van der Waals surface area contributed by atoms with Gasteiger partial charge in [0.1, 0.15) is 11.9 Å². The molecule has 1 saturated heterocycles. The van der Waals surface area contributed by atoms with E-state index in [4.69, 9.17) is 4.74 Å². The lowest BCUT2D eigenvalue weighted by Crippen LogP contribution is -2.42. The van der Waals surface area contributed by atoms with Crippen molar-refractivity contribution in [2.24, 2.45) is 5.92 Å². The van der Waals surface area contributed by atoms with Crippen LogP contribution in [0.1, 0.15) is 44.6 Å². The Labute approximate surface area is 203 Å². The highest BCUT2D eigenvalue weighted by atomic mass is 16.5. The van der Waals surface area contributed by atoms with Crippen LogP contribution in [0.15, 0.2) is 54.6 Å². The van der Waals surface area contributed by atoms with E-state index in [1.54, 1.807) is 4.90 Å². The average Bonchev–Trinajstić information content (AvgIpc) is 2.86. The van der Waals surface area contributed by atoms with E-state index in [2.05, 4.69) is 40.5 Å². The third-order valence-electron chi connectivity index (χ3n) is 6.84. The van der Waals surface area contributed by atoms with Crippen LogP contribution in [0, 0.1) is 5.92 Å². The van der Waals surface area contributed by atoms with Crippen LogP contribution in [0.4, 0.5) is 5.69 Å². The maximum absolute atomic E-state index is 12.8.